The molecule has 0 aliphatic rings. The van der Waals surface area contributed by atoms with E-state index in [0.29, 0.717) is 11.3 Å². The molecule has 0 unspecified atom stereocenters. The molecule has 0 saturated carbocycles. The lowest BCUT2D eigenvalue weighted by molar-refractivity contribution is 0.100. The molecule has 6 nitrogen and oxygen atoms in total. The largest absolute Gasteiger partial charge is 0.384 e. The molecule has 4 N–H and O–H groups in total. The van der Waals surface area contributed by atoms with Crippen molar-refractivity contribution >= 4 is 22.8 Å². The quantitative estimate of drug-likeness (QED) is 0.714. The van der Waals surface area contributed by atoms with Crippen molar-refractivity contribution in [1.29, 1.82) is 0 Å². The fourth-order valence-corrected chi connectivity index (χ4v) is 2.00. The number of imidazole rings is 1. The SMILES string of the molecule is NC(=O)c1cc(N)ncc1-n1cnc2ccccc21. The number of nitrogens with zero attached hydrogens (tertiary/aromatic N) is 3. The summed E-state index contributed by atoms with van der Waals surface area (Å²) in [4.78, 5) is 19.8. The van der Waals surface area contributed by atoms with Crippen LogP contribution in [0.4, 0.5) is 5.82 Å². The molecule has 2 heterocycles. The summed E-state index contributed by atoms with van der Waals surface area (Å²) in [6.07, 6.45) is 3.15. The molecule has 19 heavy (non-hydrogen) atoms. The molecule has 6 heteroatoms. The van der Waals surface area contributed by atoms with Gasteiger partial charge in [0.05, 0.1) is 28.5 Å². The first-order valence-electron chi connectivity index (χ1n) is 5.64. The fraction of sp³-hybridized carbons (Fsp3) is 0. The number of rotatable bonds is 2. The van der Waals surface area contributed by atoms with E-state index in [-0.39, 0.29) is 5.82 Å². The number of carbonyl (C=O) groups excluding carboxylic acids is 1. The topological polar surface area (TPSA) is 99.8 Å². The summed E-state index contributed by atoms with van der Waals surface area (Å²) in [5, 5.41) is 0. The zero-order valence-electron chi connectivity index (χ0n) is 9.95. The second kappa shape index (κ2) is 4.09. The number of para-hydroxylation sites is 2. The third kappa shape index (κ3) is 1.79. The van der Waals surface area contributed by atoms with Crippen LogP contribution in [0.5, 0.6) is 0 Å². The van der Waals surface area contributed by atoms with Gasteiger partial charge in [0, 0.05) is 0 Å². The van der Waals surface area contributed by atoms with Gasteiger partial charge in [0.1, 0.15) is 12.1 Å². The zero-order valence-corrected chi connectivity index (χ0v) is 9.95. The van der Waals surface area contributed by atoms with E-state index < -0.39 is 5.91 Å². The van der Waals surface area contributed by atoms with Crippen molar-refractivity contribution in [2.24, 2.45) is 5.73 Å². The smallest absolute Gasteiger partial charge is 0.251 e. The van der Waals surface area contributed by atoms with Gasteiger partial charge in [-0.25, -0.2) is 9.97 Å². The Morgan fingerprint density at radius 1 is 1.21 bits per heavy atom. The highest BCUT2D eigenvalue weighted by atomic mass is 16.1. The Bertz CT molecular complexity index is 778. The van der Waals surface area contributed by atoms with E-state index in [2.05, 4.69) is 9.97 Å². The van der Waals surface area contributed by atoms with Crippen LogP contribution >= 0.6 is 0 Å². The number of hydrogen-bond donors (Lipinski definition) is 2. The van der Waals surface area contributed by atoms with Crippen LogP contribution in [0.3, 0.4) is 0 Å². The molecule has 0 radical (unpaired) electrons. The minimum absolute atomic E-state index is 0.252. The number of hydrogen-bond acceptors (Lipinski definition) is 4. The highest BCUT2D eigenvalue weighted by molar-refractivity contribution is 5.97. The average Bonchev–Trinajstić information content (AvgIpc) is 2.82. The molecule has 0 aliphatic carbocycles. The summed E-state index contributed by atoms with van der Waals surface area (Å²) in [5.41, 5.74) is 13.5. The number of carbonyl (C=O) groups is 1. The lowest BCUT2D eigenvalue weighted by atomic mass is 10.2. The van der Waals surface area contributed by atoms with Crippen molar-refractivity contribution in [3.63, 3.8) is 0 Å². The van der Waals surface area contributed by atoms with Crippen LogP contribution in [0.1, 0.15) is 10.4 Å². The molecule has 0 spiro atoms. The number of aromatic nitrogens is 3. The highest BCUT2D eigenvalue weighted by Gasteiger charge is 2.13. The summed E-state index contributed by atoms with van der Waals surface area (Å²) in [6, 6.07) is 9.06. The lowest BCUT2D eigenvalue weighted by Crippen LogP contribution is -2.15. The molecular formula is C13H11N5O. The Balaban J connectivity index is 2.30. The third-order valence-electron chi connectivity index (χ3n) is 2.88. The third-order valence-corrected chi connectivity index (χ3v) is 2.88. The molecule has 0 fully saturated rings. The maximum atomic E-state index is 11.5. The van der Waals surface area contributed by atoms with Crippen LogP contribution in [-0.4, -0.2) is 20.4 Å². The van der Waals surface area contributed by atoms with E-state index in [1.54, 1.807) is 10.9 Å². The van der Waals surface area contributed by atoms with Gasteiger partial charge in [-0.1, -0.05) is 12.1 Å². The Morgan fingerprint density at radius 3 is 2.79 bits per heavy atom. The Morgan fingerprint density at radius 2 is 2.00 bits per heavy atom. The van der Waals surface area contributed by atoms with Gasteiger partial charge in [0.2, 0.25) is 0 Å². The molecule has 3 rings (SSSR count). The van der Waals surface area contributed by atoms with E-state index in [4.69, 9.17) is 11.5 Å². The standard InChI is InChI=1S/C13H11N5O/c14-12-5-8(13(15)19)11(6-16-12)18-7-17-9-3-1-2-4-10(9)18/h1-7H,(H2,14,16)(H2,15,19). The molecule has 0 bridgehead atoms. The second-order valence-electron chi connectivity index (χ2n) is 4.09. The van der Waals surface area contributed by atoms with Crippen molar-refractivity contribution in [3.05, 3.63) is 48.4 Å². The number of nitrogens with two attached hydrogens (primary N) is 2. The summed E-state index contributed by atoms with van der Waals surface area (Å²) in [7, 11) is 0. The first-order chi connectivity index (χ1) is 9.16. The van der Waals surface area contributed by atoms with E-state index in [1.807, 2.05) is 24.3 Å². The predicted molar refractivity (Wildman–Crippen MR) is 71.8 cm³/mol. The molecule has 0 atom stereocenters. The zero-order chi connectivity index (χ0) is 13.4. The van der Waals surface area contributed by atoms with E-state index in [9.17, 15) is 4.79 Å². The Hall–Kier alpha value is -2.89. The minimum Gasteiger partial charge on any atom is -0.384 e. The summed E-state index contributed by atoms with van der Waals surface area (Å²) < 4.78 is 1.77. The predicted octanol–water partition coefficient (Wildman–Crippen LogP) is 1.10. The number of anilines is 1. The number of amides is 1. The molecule has 0 saturated heterocycles. The van der Waals surface area contributed by atoms with E-state index in [0.717, 1.165) is 11.0 Å². The number of pyridine rings is 1. The minimum atomic E-state index is -0.554. The first-order valence-corrected chi connectivity index (χ1v) is 5.64. The fourth-order valence-electron chi connectivity index (χ4n) is 2.00. The Kier molecular flexibility index (Phi) is 2.42. The summed E-state index contributed by atoms with van der Waals surface area (Å²) >= 11 is 0. The highest BCUT2D eigenvalue weighted by Crippen LogP contribution is 2.21. The van der Waals surface area contributed by atoms with Gasteiger partial charge < -0.3 is 11.5 Å². The first kappa shape index (κ1) is 11.2. The van der Waals surface area contributed by atoms with Crippen LogP contribution in [0, 0.1) is 0 Å². The van der Waals surface area contributed by atoms with Crippen molar-refractivity contribution in [1.82, 2.24) is 14.5 Å². The lowest BCUT2D eigenvalue weighted by Gasteiger charge is -2.08. The van der Waals surface area contributed by atoms with Gasteiger partial charge in [-0.15, -0.1) is 0 Å². The van der Waals surface area contributed by atoms with Crippen LogP contribution in [0.15, 0.2) is 42.9 Å². The van der Waals surface area contributed by atoms with Gasteiger partial charge >= 0.3 is 0 Å². The maximum absolute atomic E-state index is 11.5. The summed E-state index contributed by atoms with van der Waals surface area (Å²) in [6.45, 7) is 0. The molecule has 94 valence electrons. The van der Waals surface area contributed by atoms with Gasteiger partial charge in [0.25, 0.3) is 5.91 Å². The van der Waals surface area contributed by atoms with Crippen LogP contribution in [0.25, 0.3) is 16.7 Å². The number of fused-ring (bicyclic) bond motifs is 1. The molecule has 1 amide bonds. The van der Waals surface area contributed by atoms with Crippen LogP contribution in [-0.2, 0) is 0 Å². The van der Waals surface area contributed by atoms with Gasteiger partial charge in [-0.05, 0) is 18.2 Å². The Labute approximate surface area is 108 Å². The van der Waals surface area contributed by atoms with E-state index >= 15 is 0 Å². The molecular weight excluding hydrogens is 242 g/mol. The number of primary amides is 1. The van der Waals surface area contributed by atoms with Gasteiger partial charge in [-0.2, -0.15) is 0 Å². The number of benzene rings is 1. The van der Waals surface area contributed by atoms with Crippen molar-refractivity contribution in [3.8, 4) is 5.69 Å². The van der Waals surface area contributed by atoms with E-state index in [1.165, 1.54) is 12.3 Å². The summed E-state index contributed by atoms with van der Waals surface area (Å²) in [5.74, 6) is -0.302. The van der Waals surface area contributed by atoms with Gasteiger partial charge in [0.15, 0.2) is 0 Å². The van der Waals surface area contributed by atoms with Crippen molar-refractivity contribution < 1.29 is 4.79 Å². The average molecular weight is 253 g/mol. The molecule has 2 aromatic heterocycles. The second-order valence-corrected chi connectivity index (χ2v) is 4.09. The molecule has 3 aromatic rings. The van der Waals surface area contributed by atoms with Crippen LogP contribution in [0.2, 0.25) is 0 Å². The number of nitrogen functional groups attached to an aromatic ring is 1. The molecule has 1 aromatic carbocycles. The van der Waals surface area contributed by atoms with Crippen LogP contribution < -0.4 is 11.5 Å². The van der Waals surface area contributed by atoms with Crippen molar-refractivity contribution in [2.75, 3.05) is 5.73 Å². The van der Waals surface area contributed by atoms with Crippen molar-refractivity contribution in [2.45, 2.75) is 0 Å². The monoisotopic (exact) mass is 253 g/mol. The maximum Gasteiger partial charge on any atom is 0.251 e. The van der Waals surface area contributed by atoms with Gasteiger partial charge in [-0.3, -0.25) is 9.36 Å². The normalized spacial score (nSPS) is 10.7. The molecule has 0 aliphatic heterocycles.